The smallest absolute Gasteiger partial charge is 0.338 e. The average molecular weight is 483 g/mol. The van der Waals surface area contributed by atoms with Crippen molar-refractivity contribution in [1.29, 1.82) is 0 Å². The molecule has 0 bridgehead atoms. The topological polar surface area (TPSA) is 111 Å². The Morgan fingerprint density at radius 1 is 1.06 bits per heavy atom. The first kappa shape index (κ1) is 24.5. The summed E-state index contributed by atoms with van der Waals surface area (Å²) in [7, 11) is 0. The van der Waals surface area contributed by atoms with Gasteiger partial charge in [-0.25, -0.2) is 4.79 Å². The number of nitrogens with zero attached hydrogens (tertiary/aromatic N) is 2. The molecule has 1 saturated heterocycles. The summed E-state index contributed by atoms with van der Waals surface area (Å²) in [6.07, 6.45) is 1.44. The molecule has 9 nitrogen and oxygen atoms in total. The number of aromatic nitrogens is 1. The molecular weight excluding hydrogens is 452 g/mol. The maximum absolute atomic E-state index is 12.0. The lowest BCUT2D eigenvalue weighted by Crippen LogP contribution is -2.36. The Morgan fingerprint density at radius 3 is 2.46 bits per heavy atom. The van der Waals surface area contributed by atoms with E-state index in [0.717, 1.165) is 31.3 Å². The zero-order chi connectivity index (χ0) is 24.8. The van der Waals surface area contributed by atoms with E-state index < -0.39 is 0 Å². The van der Waals surface area contributed by atoms with Crippen LogP contribution in [0.25, 0.3) is 11.0 Å². The van der Waals surface area contributed by atoms with Gasteiger partial charge < -0.3 is 23.8 Å². The van der Waals surface area contributed by atoms with Gasteiger partial charge in [-0.1, -0.05) is 5.16 Å². The fraction of sp³-hybridized carbons (Fsp3) is 0.423. The minimum absolute atomic E-state index is 0.0732. The largest absolute Gasteiger partial charge is 0.507 e. The van der Waals surface area contributed by atoms with Crippen molar-refractivity contribution in [2.24, 2.45) is 5.92 Å². The highest BCUT2D eigenvalue weighted by atomic mass is 16.5. The van der Waals surface area contributed by atoms with Crippen molar-refractivity contribution in [2.45, 2.75) is 39.8 Å². The van der Waals surface area contributed by atoms with Crippen molar-refractivity contribution in [3.8, 4) is 11.5 Å². The molecule has 3 aromatic rings. The second kappa shape index (κ2) is 11.2. The number of esters is 2. The molecule has 1 aromatic heterocycles. The van der Waals surface area contributed by atoms with Crippen molar-refractivity contribution in [2.75, 3.05) is 26.3 Å². The lowest BCUT2D eigenvalue weighted by molar-refractivity contribution is -0.149. The van der Waals surface area contributed by atoms with E-state index in [1.165, 1.54) is 0 Å². The van der Waals surface area contributed by atoms with Gasteiger partial charge in [0.25, 0.3) is 0 Å². The lowest BCUT2D eigenvalue weighted by atomic mass is 9.96. The van der Waals surface area contributed by atoms with Gasteiger partial charge in [-0.3, -0.25) is 9.69 Å². The van der Waals surface area contributed by atoms with Gasteiger partial charge in [0, 0.05) is 11.9 Å². The van der Waals surface area contributed by atoms with Gasteiger partial charge in [-0.05, 0) is 76.2 Å². The first-order chi connectivity index (χ1) is 17.0. The quantitative estimate of drug-likeness (QED) is 0.451. The maximum Gasteiger partial charge on any atom is 0.338 e. The van der Waals surface area contributed by atoms with Crippen LogP contribution < -0.4 is 4.74 Å². The van der Waals surface area contributed by atoms with E-state index in [1.807, 2.05) is 6.92 Å². The molecule has 0 amide bonds. The number of piperidine rings is 1. The number of carbonyl (C=O) groups excluding carboxylic acids is 2. The summed E-state index contributed by atoms with van der Waals surface area (Å²) in [5.74, 6) is 0.142. The van der Waals surface area contributed by atoms with E-state index in [2.05, 4.69) is 10.1 Å². The molecule has 2 aromatic carbocycles. The molecule has 0 saturated carbocycles. The molecule has 4 rings (SSSR count). The minimum Gasteiger partial charge on any atom is -0.507 e. The highest BCUT2D eigenvalue weighted by Crippen LogP contribution is 2.32. The monoisotopic (exact) mass is 482 g/mol. The van der Waals surface area contributed by atoms with Crippen molar-refractivity contribution >= 4 is 22.9 Å². The second-order valence-corrected chi connectivity index (χ2v) is 8.41. The maximum atomic E-state index is 12.0. The molecule has 1 fully saturated rings. The molecule has 0 spiro atoms. The summed E-state index contributed by atoms with van der Waals surface area (Å²) in [6.45, 7) is 6.40. The molecule has 2 heterocycles. The summed E-state index contributed by atoms with van der Waals surface area (Å²) >= 11 is 0. The lowest BCUT2D eigenvalue weighted by Gasteiger charge is -2.30. The van der Waals surface area contributed by atoms with Gasteiger partial charge in [0.05, 0.1) is 30.3 Å². The van der Waals surface area contributed by atoms with E-state index in [9.17, 15) is 14.7 Å². The first-order valence-electron chi connectivity index (χ1n) is 11.9. The van der Waals surface area contributed by atoms with Crippen molar-refractivity contribution < 1.29 is 33.4 Å². The zero-order valence-electron chi connectivity index (χ0n) is 20.0. The second-order valence-electron chi connectivity index (χ2n) is 8.41. The summed E-state index contributed by atoms with van der Waals surface area (Å²) in [4.78, 5) is 26.0. The fourth-order valence-corrected chi connectivity index (χ4v) is 4.22. The molecule has 186 valence electrons. The molecule has 1 aliphatic rings. The van der Waals surface area contributed by atoms with E-state index in [4.69, 9.17) is 18.7 Å². The van der Waals surface area contributed by atoms with Gasteiger partial charge in [0.2, 0.25) is 0 Å². The van der Waals surface area contributed by atoms with Crippen LogP contribution >= 0.6 is 0 Å². The van der Waals surface area contributed by atoms with Crippen molar-refractivity contribution in [3.05, 3.63) is 53.2 Å². The summed E-state index contributed by atoms with van der Waals surface area (Å²) in [6, 6.07) is 10.1. The highest BCUT2D eigenvalue weighted by Gasteiger charge is 2.27. The van der Waals surface area contributed by atoms with Crippen LogP contribution in [0.5, 0.6) is 11.5 Å². The number of hydrogen-bond acceptors (Lipinski definition) is 9. The third kappa shape index (κ3) is 5.74. The Bertz CT molecular complexity index is 1160. The number of ether oxygens (including phenoxy) is 3. The van der Waals surface area contributed by atoms with Crippen LogP contribution in [0.3, 0.4) is 0 Å². The molecular formula is C26H30N2O7. The van der Waals surface area contributed by atoms with Gasteiger partial charge in [0.15, 0.2) is 5.58 Å². The SMILES string of the molecule is CCOC(=O)c1ccc(OCc2noc3c(CN4CCC(C(=O)OCC)CC4)c(O)ccc23)cc1. The van der Waals surface area contributed by atoms with E-state index in [-0.39, 0.29) is 30.2 Å². The molecule has 35 heavy (non-hydrogen) atoms. The highest BCUT2D eigenvalue weighted by molar-refractivity contribution is 5.89. The standard InChI is InChI=1S/C26H30N2O7/c1-3-32-25(30)17-5-7-19(8-6-17)34-16-22-20-9-10-23(29)21(24(20)35-27-22)15-28-13-11-18(12-14-28)26(31)33-4-2/h5-10,18,29H,3-4,11-16H2,1-2H3. The number of hydrogen-bond donors (Lipinski definition) is 1. The zero-order valence-corrected chi connectivity index (χ0v) is 20.0. The molecule has 0 radical (unpaired) electrons. The average Bonchev–Trinajstić information content (AvgIpc) is 3.28. The molecule has 9 heteroatoms. The van der Waals surface area contributed by atoms with Crippen LogP contribution in [0, 0.1) is 5.92 Å². The van der Waals surface area contributed by atoms with E-state index in [1.54, 1.807) is 43.3 Å². The summed E-state index contributed by atoms with van der Waals surface area (Å²) in [5, 5.41) is 15.5. The fourth-order valence-electron chi connectivity index (χ4n) is 4.22. The van der Waals surface area contributed by atoms with Crippen LogP contribution in [0.4, 0.5) is 0 Å². The first-order valence-corrected chi connectivity index (χ1v) is 11.9. The third-order valence-electron chi connectivity index (χ3n) is 6.12. The van der Waals surface area contributed by atoms with Gasteiger partial charge in [-0.15, -0.1) is 0 Å². The van der Waals surface area contributed by atoms with Crippen LogP contribution in [-0.2, 0) is 27.4 Å². The number of phenolic OH excluding ortho intramolecular Hbond substituents is 1. The summed E-state index contributed by atoms with van der Waals surface area (Å²) in [5.41, 5.74) is 2.25. The summed E-state index contributed by atoms with van der Waals surface area (Å²) < 4.78 is 21.6. The van der Waals surface area contributed by atoms with Crippen molar-refractivity contribution in [3.63, 3.8) is 0 Å². The molecule has 1 aliphatic heterocycles. The Labute approximate surface area is 203 Å². The van der Waals surface area contributed by atoms with Crippen LogP contribution in [0.1, 0.15) is 48.3 Å². The Kier molecular flexibility index (Phi) is 7.87. The third-order valence-corrected chi connectivity index (χ3v) is 6.12. The van der Waals surface area contributed by atoms with Gasteiger partial charge >= 0.3 is 11.9 Å². The Balaban J connectivity index is 1.41. The molecule has 0 atom stereocenters. The number of carbonyl (C=O) groups is 2. The van der Waals surface area contributed by atoms with E-state index in [0.29, 0.717) is 47.9 Å². The normalized spacial score (nSPS) is 14.7. The van der Waals surface area contributed by atoms with Gasteiger partial charge in [0.1, 0.15) is 23.8 Å². The molecule has 0 unspecified atom stereocenters. The van der Waals surface area contributed by atoms with E-state index >= 15 is 0 Å². The van der Waals surface area contributed by atoms with Crippen LogP contribution in [0.2, 0.25) is 0 Å². The molecule has 0 aliphatic carbocycles. The minimum atomic E-state index is -0.376. The number of likely N-dealkylation sites (tertiary alicyclic amines) is 1. The number of benzene rings is 2. The van der Waals surface area contributed by atoms with Crippen molar-refractivity contribution in [1.82, 2.24) is 10.1 Å². The Morgan fingerprint density at radius 2 is 1.77 bits per heavy atom. The van der Waals surface area contributed by atoms with Crippen LogP contribution in [-0.4, -0.2) is 53.4 Å². The number of rotatable bonds is 9. The van der Waals surface area contributed by atoms with Crippen LogP contribution in [0.15, 0.2) is 40.9 Å². The molecule has 1 N–H and O–H groups in total. The predicted molar refractivity (Wildman–Crippen MR) is 127 cm³/mol. The Hall–Kier alpha value is -3.59. The number of phenols is 1. The number of fused-ring (bicyclic) bond motifs is 1. The van der Waals surface area contributed by atoms with Gasteiger partial charge in [-0.2, -0.15) is 0 Å². The predicted octanol–water partition coefficient (Wildman–Crippen LogP) is 4.06. The number of aromatic hydroxyl groups is 1.